The fourth-order valence-corrected chi connectivity index (χ4v) is 4.80. The lowest BCUT2D eigenvalue weighted by atomic mass is 9.92. The summed E-state index contributed by atoms with van der Waals surface area (Å²) < 4.78 is 5.44. The van der Waals surface area contributed by atoms with Gasteiger partial charge in [-0.15, -0.1) is 0 Å². The SMILES string of the molecule is CSCCC(C)NC(=O)c1ccc(CCC(=O)OCC[Si](C)(C)C)cc1-c1ccccc1C. The number of carbonyl (C=O) groups is 2. The van der Waals surface area contributed by atoms with Crippen LogP contribution in [0.1, 0.15) is 41.3 Å². The summed E-state index contributed by atoms with van der Waals surface area (Å²) >= 11 is 1.78. The van der Waals surface area contributed by atoms with Crippen LogP contribution in [0.4, 0.5) is 0 Å². The van der Waals surface area contributed by atoms with Crippen molar-refractivity contribution in [2.45, 2.75) is 64.8 Å². The van der Waals surface area contributed by atoms with E-state index in [9.17, 15) is 9.59 Å². The Morgan fingerprint density at radius 3 is 2.48 bits per heavy atom. The van der Waals surface area contributed by atoms with Crippen LogP contribution in [0.25, 0.3) is 11.1 Å². The molecule has 0 aliphatic rings. The van der Waals surface area contributed by atoms with E-state index in [4.69, 9.17) is 4.74 Å². The normalized spacial score (nSPS) is 12.3. The zero-order valence-corrected chi connectivity index (χ0v) is 22.8. The van der Waals surface area contributed by atoms with Gasteiger partial charge in [-0.05, 0) is 73.1 Å². The van der Waals surface area contributed by atoms with Gasteiger partial charge in [-0.2, -0.15) is 11.8 Å². The molecule has 2 aromatic rings. The van der Waals surface area contributed by atoms with E-state index in [2.05, 4.69) is 50.3 Å². The van der Waals surface area contributed by atoms with Crippen molar-refractivity contribution >= 4 is 31.7 Å². The first-order valence-corrected chi connectivity index (χ1v) is 16.8. The Morgan fingerprint density at radius 1 is 1.09 bits per heavy atom. The first-order chi connectivity index (χ1) is 15.6. The maximum atomic E-state index is 13.1. The molecule has 0 saturated heterocycles. The number of nitrogens with one attached hydrogen (secondary N) is 1. The highest BCUT2D eigenvalue weighted by Crippen LogP contribution is 2.29. The zero-order chi connectivity index (χ0) is 24.4. The largest absolute Gasteiger partial charge is 0.466 e. The minimum Gasteiger partial charge on any atom is -0.466 e. The number of amides is 1. The van der Waals surface area contributed by atoms with Gasteiger partial charge in [0.15, 0.2) is 0 Å². The van der Waals surface area contributed by atoms with Gasteiger partial charge in [0.25, 0.3) is 5.91 Å². The third-order valence-corrected chi connectivity index (χ3v) is 7.98. The van der Waals surface area contributed by atoms with E-state index < -0.39 is 8.07 Å². The zero-order valence-electron chi connectivity index (χ0n) is 21.0. The molecule has 1 unspecified atom stereocenters. The number of carbonyl (C=O) groups excluding carboxylic acids is 2. The lowest BCUT2D eigenvalue weighted by Crippen LogP contribution is -2.33. The van der Waals surface area contributed by atoms with Crippen LogP contribution in [0.3, 0.4) is 0 Å². The molecule has 0 aliphatic carbocycles. The summed E-state index contributed by atoms with van der Waals surface area (Å²) in [5.74, 6) is 0.799. The number of ether oxygens (including phenoxy) is 1. The van der Waals surface area contributed by atoms with Crippen LogP contribution in [0.5, 0.6) is 0 Å². The molecular weight excluding hydrogens is 446 g/mol. The monoisotopic (exact) mass is 485 g/mol. The summed E-state index contributed by atoms with van der Waals surface area (Å²) in [5, 5.41) is 3.14. The molecule has 0 saturated carbocycles. The van der Waals surface area contributed by atoms with Gasteiger partial charge in [0.2, 0.25) is 0 Å². The molecule has 1 amide bonds. The Labute approximate surface area is 204 Å². The van der Waals surface area contributed by atoms with E-state index in [1.54, 1.807) is 11.8 Å². The molecule has 2 aromatic carbocycles. The van der Waals surface area contributed by atoms with Gasteiger partial charge in [-0.1, -0.05) is 56.0 Å². The lowest BCUT2D eigenvalue weighted by molar-refractivity contribution is -0.143. The molecule has 0 aliphatic heterocycles. The molecule has 33 heavy (non-hydrogen) atoms. The van der Waals surface area contributed by atoms with Gasteiger partial charge >= 0.3 is 5.97 Å². The van der Waals surface area contributed by atoms with E-state index in [1.807, 2.05) is 37.3 Å². The van der Waals surface area contributed by atoms with Gasteiger partial charge in [-0.3, -0.25) is 9.59 Å². The average molecular weight is 486 g/mol. The van der Waals surface area contributed by atoms with E-state index in [-0.39, 0.29) is 17.9 Å². The molecule has 1 N–H and O–H groups in total. The first-order valence-electron chi connectivity index (χ1n) is 11.7. The van der Waals surface area contributed by atoms with Crippen LogP contribution in [0, 0.1) is 6.92 Å². The molecule has 180 valence electrons. The first kappa shape index (κ1) is 27.2. The summed E-state index contributed by atoms with van der Waals surface area (Å²) in [6.45, 7) is 11.4. The van der Waals surface area contributed by atoms with Crippen molar-refractivity contribution in [1.29, 1.82) is 0 Å². The van der Waals surface area contributed by atoms with Crippen LogP contribution in [0.2, 0.25) is 25.7 Å². The van der Waals surface area contributed by atoms with E-state index in [1.165, 1.54) is 0 Å². The second-order valence-electron chi connectivity index (χ2n) is 9.88. The average Bonchev–Trinajstić information content (AvgIpc) is 2.75. The van der Waals surface area contributed by atoms with Crippen molar-refractivity contribution in [2.75, 3.05) is 18.6 Å². The topological polar surface area (TPSA) is 55.4 Å². The molecule has 6 heteroatoms. The molecule has 4 nitrogen and oxygen atoms in total. The third-order valence-electron chi connectivity index (χ3n) is 5.63. The highest BCUT2D eigenvalue weighted by Gasteiger charge is 2.18. The van der Waals surface area contributed by atoms with Crippen molar-refractivity contribution < 1.29 is 14.3 Å². The number of hydrogen-bond donors (Lipinski definition) is 1. The molecule has 0 fully saturated rings. The molecule has 2 rings (SSSR count). The van der Waals surface area contributed by atoms with E-state index in [0.29, 0.717) is 25.0 Å². The van der Waals surface area contributed by atoms with E-state index in [0.717, 1.165) is 40.5 Å². The smallest absolute Gasteiger partial charge is 0.306 e. The third kappa shape index (κ3) is 9.38. The van der Waals surface area contributed by atoms with Crippen LogP contribution < -0.4 is 5.32 Å². The molecule has 0 radical (unpaired) electrons. The van der Waals surface area contributed by atoms with Gasteiger partial charge < -0.3 is 10.1 Å². The number of thioether (sulfide) groups is 1. The minimum atomic E-state index is -1.21. The molecule has 0 bridgehead atoms. The van der Waals surface area contributed by atoms with E-state index >= 15 is 0 Å². The maximum Gasteiger partial charge on any atom is 0.306 e. The fraction of sp³-hybridized carbons (Fsp3) is 0.481. The lowest BCUT2D eigenvalue weighted by Gasteiger charge is -2.17. The van der Waals surface area contributed by atoms with Gasteiger partial charge in [-0.25, -0.2) is 0 Å². The second kappa shape index (κ2) is 13.0. The fourth-order valence-electron chi connectivity index (χ4n) is 3.50. The maximum absolute atomic E-state index is 13.1. The molecular formula is C27H39NO3SSi. The van der Waals surface area contributed by atoms with Crippen LogP contribution in [-0.2, 0) is 16.0 Å². The van der Waals surface area contributed by atoms with Gasteiger partial charge in [0.1, 0.15) is 0 Å². The van der Waals surface area contributed by atoms with Gasteiger partial charge in [0.05, 0.1) is 6.61 Å². The Kier molecular flexibility index (Phi) is 10.7. The van der Waals surface area contributed by atoms with Crippen molar-refractivity contribution in [3.63, 3.8) is 0 Å². The Morgan fingerprint density at radius 2 is 1.82 bits per heavy atom. The van der Waals surface area contributed by atoms with Crippen molar-refractivity contribution in [2.24, 2.45) is 0 Å². The highest BCUT2D eigenvalue weighted by molar-refractivity contribution is 7.98. The standard InChI is InChI=1S/C27H39NO3SSi/c1-20-9-7-8-10-23(20)25-19-22(12-14-26(29)31-16-18-33(4,5)6)11-13-24(25)27(30)28-21(2)15-17-32-3/h7-11,13,19,21H,12,14-18H2,1-6H3,(H,28,30). The number of benzene rings is 2. The predicted molar refractivity (Wildman–Crippen MR) is 144 cm³/mol. The predicted octanol–water partition coefficient (Wildman–Crippen LogP) is 6.35. The van der Waals surface area contributed by atoms with Crippen molar-refractivity contribution in [3.05, 3.63) is 59.2 Å². The van der Waals surface area contributed by atoms with Crippen LogP contribution >= 0.6 is 11.8 Å². The quantitative estimate of drug-likeness (QED) is 0.281. The molecule has 1 atom stereocenters. The Balaban J connectivity index is 2.17. The second-order valence-corrected chi connectivity index (χ2v) is 16.5. The summed E-state index contributed by atoms with van der Waals surface area (Å²) in [6.07, 6.45) is 3.95. The summed E-state index contributed by atoms with van der Waals surface area (Å²) in [7, 11) is -1.21. The van der Waals surface area contributed by atoms with Crippen molar-refractivity contribution in [1.82, 2.24) is 5.32 Å². The summed E-state index contributed by atoms with van der Waals surface area (Å²) in [4.78, 5) is 25.3. The van der Waals surface area contributed by atoms with Crippen LogP contribution in [0.15, 0.2) is 42.5 Å². The number of aryl methyl sites for hydroxylation is 2. The number of hydrogen-bond acceptors (Lipinski definition) is 4. The Bertz CT molecular complexity index is 939. The molecule has 0 aromatic heterocycles. The van der Waals surface area contributed by atoms with Crippen LogP contribution in [-0.4, -0.2) is 44.6 Å². The minimum absolute atomic E-state index is 0.0563. The Hall–Kier alpha value is -2.05. The molecule has 0 spiro atoms. The number of rotatable bonds is 12. The number of esters is 1. The van der Waals surface area contributed by atoms with Gasteiger partial charge in [0, 0.05) is 26.1 Å². The summed E-state index contributed by atoms with van der Waals surface area (Å²) in [5.41, 5.74) is 4.76. The van der Waals surface area contributed by atoms with Crippen molar-refractivity contribution in [3.8, 4) is 11.1 Å². The highest BCUT2D eigenvalue weighted by atomic mass is 32.2. The summed E-state index contributed by atoms with van der Waals surface area (Å²) in [6, 6.07) is 15.1. The molecule has 0 heterocycles.